The first-order valence-corrected chi connectivity index (χ1v) is 12.4. The van der Waals surface area contributed by atoms with Crippen LogP contribution in [0.5, 0.6) is 0 Å². The predicted octanol–water partition coefficient (Wildman–Crippen LogP) is 1.20. The summed E-state index contributed by atoms with van der Waals surface area (Å²) < 4.78 is 59.3. The molecule has 0 aromatic heterocycles. The van der Waals surface area contributed by atoms with Gasteiger partial charge in [-0.25, -0.2) is 0 Å². The van der Waals surface area contributed by atoms with Crippen molar-refractivity contribution in [3.8, 4) is 0 Å². The van der Waals surface area contributed by atoms with Crippen LogP contribution in [0, 0.1) is 5.92 Å². The zero-order valence-electron chi connectivity index (χ0n) is 23.0. The van der Waals surface area contributed by atoms with Gasteiger partial charge in [-0.15, -0.1) is 0 Å². The topological polar surface area (TPSA) is 170 Å². The first kappa shape index (κ1) is 39.1. The molecule has 1 saturated heterocycles. The van der Waals surface area contributed by atoms with Crippen molar-refractivity contribution in [3.05, 3.63) is 0 Å². The number of carbonyl (C=O) groups is 6. The predicted molar refractivity (Wildman–Crippen MR) is 135 cm³/mol. The molecule has 1 aliphatic rings. The number of hydrogen-bond donors (Lipinski definition) is 2. The van der Waals surface area contributed by atoms with Gasteiger partial charge in [0.1, 0.15) is 18.8 Å². The molecule has 1 aliphatic heterocycles. The van der Waals surface area contributed by atoms with Gasteiger partial charge in [-0.3, -0.25) is 41.7 Å². The van der Waals surface area contributed by atoms with E-state index in [-0.39, 0.29) is 31.3 Å². The molecule has 5 unspecified atom stereocenters. The summed E-state index contributed by atoms with van der Waals surface area (Å²) in [5.41, 5.74) is 0. The van der Waals surface area contributed by atoms with Gasteiger partial charge in [0.25, 0.3) is 0 Å². The van der Waals surface area contributed by atoms with Crippen molar-refractivity contribution >= 4 is 55.9 Å². The molecule has 18 heteroatoms. The van der Waals surface area contributed by atoms with Gasteiger partial charge < -0.3 is 33.7 Å². The maximum Gasteiger partial charge on any atom is 0.762 e. The molecule has 0 aromatic rings. The molecule has 40 heavy (non-hydrogen) atoms. The van der Waals surface area contributed by atoms with Gasteiger partial charge in [-0.05, 0) is 0 Å². The number of thiol groups is 1. The number of amides is 1. The average Bonchev–Trinajstić information content (AvgIpc) is 2.83. The number of rotatable bonds is 10. The molecule has 1 rings (SSSR count). The average molecular weight is 605 g/mol. The molecule has 0 spiro atoms. The summed E-state index contributed by atoms with van der Waals surface area (Å²) in [6.07, 6.45) is -3.57. The Morgan fingerprint density at radius 1 is 0.850 bits per heavy atom. The van der Waals surface area contributed by atoms with E-state index in [1.54, 1.807) is 6.92 Å². The van der Waals surface area contributed by atoms with Crippen LogP contribution >= 0.6 is 12.6 Å². The van der Waals surface area contributed by atoms with Crippen LogP contribution in [0.4, 0.5) is 12.9 Å². The molecule has 0 radical (unpaired) electrons. The summed E-state index contributed by atoms with van der Waals surface area (Å²) in [6, 6.07) is 0. The van der Waals surface area contributed by atoms with E-state index in [0.29, 0.717) is 12.3 Å². The van der Waals surface area contributed by atoms with Crippen LogP contribution in [0.15, 0.2) is 0 Å². The van der Waals surface area contributed by atoms with E-state index in [9.17, 15) is 41.7 Å². The molecule has 5 atom stereocenters. The highest BCUT2D eigenvalue weighted by molar-refractivity contribution is 7.80. The van der Waals surface area contributed by atoms with Crippen molar-refractivity contribution in [2.75, 3.05) is 26.0 Å². The molecular formula is C22H35BF3NO12S. The minimum atomic E-state index is -3.67. The monoisotopic (exact) mass is 605 g/mol. The number of nitrogens with one attached hydrogen (secondary N) is 1. The first-order valence-electron chi connectivity index (χ1n) is 11.7. The molecule has 1 fully saturated rings. The SMILES string of the molecule is CC(=O)OCC1OC(OC(C)=O)C(OC(C)=O)C(C)C1OC(C)=O.COC(=O)CCC(=O)NCCS.FB(F)F. The van der Waals surface area contributed by atoms with Crippen LogP contribution in [-0.4, -0.2) is 93.9 Å². The zero-order valence-corrected chi connectivity index (χ0v) is 23.9. The fraction of sp³-hybridized carbons (Fsp3) is 0.727. The van der Waals surface area contributed by atoms with Crippen molar-refractivity contribution in [2.45, 2.75) is 72.1 Å². The quantitative estimate of drug-likeness (QED) is 0.158. The Kier molecular flexibility index (Phi) is 21.3. The molecule has 0 aliphatic carbocycles. The highest BCUT2D eigenvalue weighted by Gasteiger charge is 2.49. The normalized spacial score (nSPS) is 21.0. The Bertz CT molecular complexity index is 834. The van der Waals surface area contributed by atoms with E-state index >= 15 is 0 Å². The second-order valence-electron chi connectivity index (χ2n) is 7.86. The Morgan fingerprint density at radius 2 is 1.35 bits per heavy atom. The van der Waals surface area contributed by atoms with Gasteiger partial charge in [0.05, 0.1) is 13.5 Å². The Morgan fingerprint density at radius 3 is 1.77 bits per heavy atom. The molecule has 1 amide bonds. The lowest BCUT2D eigenvalue weighted by molar-refractivity contribution is -0.285. The number of esters is 5. The van der Waals surface area contributed by atoms with E-state index in [2.05, 4.69) is 22.7 Å². The van der Waals surface area contributed by atoms with Gasteiger partial charge in [0, 0.05) is 52.3 Å². The van der Waals surface area contributed by atoms with E-state index in [1.807, 2.05) is 0 Å². The number of methoxy groups -OCH3 is 1. The zero-order chi connectivity index (χ0) is 31.4. The molecule has 1 heterocycles. The van der Waals surface area contributed by atoms with Gasteiger partial charge in [0.15, 0.2) is 6.10 Å². The van der Waals surface area contributed by atoms with E-state index in [0.717, 1.165) is 0 Å². The van der Waals surface area contributed by atoms with E-state index < -0.39 is 61.9 Å². The Hall–Kier alpha value is -3.02. The molecule has 13 nitrogen and oxygen atoms in total. The van der Waals surface area contributed by atoms with Crippen molar-refractivity contribution in [1.29, 1.82) is 0 Å². The van der Waals surface area contributed by atoms with Crippen LogP contribution in [0.3, 0.4) is 0 Å². The fourth-order valence-electron chi connectivity index (χ4n) is 3.02. The second kappa shape index (κ2) is 21.8. The smallest absolute Gasteiger partial charge is 0.469 e. The van der Waals surface area contributed by atoms with E-state index in [4.69, 9.17) is 23.7 Å². The lowest BCUT2D eigenvalue weighted by Crippen LogP contribution is -2.58. The molecule has 0 bridgehead atoms. The number of ether oxygens (including phenoxy) is 6. The largest absolute Gasteiger partial charge is 0.762 e. The van der Waals surface area contributed by atoms with Crippen molar-refractivity contribution in [3.63, 3.8) is 0 Å². The molecular weight excluding hydrogens is 570 g/mol. The first-order chi connectivity index (χ1) is 18.5. The summed E-state index contributed by atoms with van der Waals surface area (Å²) >= 11 is 3.92. The summed E-state index contributed by atoms with van der Waals surface area (Å²) in [6.45, 7) is 6.79. The maximum atomic E-state index is 11.4. The lowest BCUT2D eigenvalue weighted by Gasteiger charge is -2.43. The summed E-state index contributed by atoms with van der Waals surface area (Å²) in [4.78, 5) is 66.4. The van der Waals surface area contributed by atoms with E-state index in [1.165, 1.54) is 34.8 Å². The van der Waals surface area contributed by atoms with Crippen LogP contribution in [0.1, 0.15) is 47.5 Å². The minimum absolute atomic E-state index is 0.134. The van der Waals surface area contributed by atoms with Gasteiger partial charge >= 0.3 is 37.4 Å². The van der Waals surface area contributed by atoms with Crippen LogP contribution in [0.2, 0.25) is 0 Å². The summed E-state index contributed by atoms with van der Waals surface area (Å²) in [5.74, 6) is -2.82. The van der Waals surface area contributed by atoms with Crippen LogP contribution < -0.4 is 5.32 Å². The fourth-order valence-corrected chi connectivity index (χ4v) is 3.14. The van der Waals surface area contributed by atoms with Gasteiger partial charge in [-0.2, -0.15) is 12.6 Å². The molecule has 0 saturated carbocycles. The highest BCUT2D eigenvalue weighted by atomic mass is 32.1. The van der Waals surface area contributed by atoms with Crippen molar-refractivity contribution in [1.82, 2.24) is 5.32 Å². The Balaban J connectivity index is 0. The number of halogens is 3. The van der Waals surface area contributed by atoms with Crippen molar-refractivity contribution < 1.29 is 70.1 Å². The third-order valence-corrected chi connectivity index (χ3v) is 4.76. The highest BCUT2D eigenvalue weighted by Crippen LogP contribution is 2.31. The van der Waals surface area contributed by atoms with Crippen LogP contribution in [0.25, 0.3) is 0 Å². The molecule has 1 N–H and O–H groups in total. The molecule has 230 valence electrons. The summed E-state index contributed by atoms with van der Waals surface area (Å²) in [5, 5.41) is 2.59. The second-order valence-corrected chi connectivity index (χ2v) is 8.31. The third-order valence-electron chi connectivity index (χ3n) is 4.53. The molecule has 0 aromatic carbocycles. The minimum Gasteiger partial charge on any atom is -0.469 e. The van der Waals surface area contributed by atoms with Gasteiger partial charge in [0.2, 0.25) is 12.2 Å². The Labute approximate surface area is 235 Å². The maximum absolute atomic E-state index is 11.4. The standard InChI is InChI=1S/C15H22O9.C7H13NO3S.BF3/c1-7-13(21-9(3)17)12(6-20-8(2)16)24-15(23-11(5)19)14(7)22-10(4)18;1-11-7(10)3-2-6(9)8-4-5-12;2-1(3)4/h7,12-15H,6H2,1-5H3;12H,2-5H2,1H3,(H,8,9);. The van der Waals surface area contributed by atoms with Crippen LogP contribution in [-0.2, 0) is 57.2 Å². The van der Waals surface area contributed by atoms with Gasteiger partial charge in [-0.1, -0.05) is 6.92 Å². The number of hydrogen-bond acceptors (Lipinski definition) is 13. The summed E-state index contributed by atoms with van der Waals surface area (Å²) in [7, 11) is -2.37. The number of carbonyl (C=O) groups excluding carboxylic acids is 6. The van der Waals surface area contributed by atoms with Crippen molar-refractivity contribution in [2.24, 2.45) is 5.92 Å². The lowest BCUT2D eigenvalue weighted by atomic mass is 9.90. The third kappa shape index (κ3) is 20.0.